The van der Waals surface area contributed by atoms with Crippen molar-refractivity contribution in [1.29, 1.82) is 0 Å². The van der Waals surface area contributed by atoms with Gasteiger partial charge in [0.1, 0.15) is 0 Å². The van der Waals surface area contributed by atoms with E-state index in [0.717, 1.165) is 0 Å². The Labute approximate surface area is 54.9 Å². The summed E-state index contributed by atoms with van der Waals surface area (Å²) in [5.74, 6) is 1.18. The summed E-state index contributed by atoms with van der Waals surface area (Å²) in [7, 11) is 0. The van der Waals surface area contributed by atoms with Crippen LogP contribution in [-0.4, -0.2) is 12.1 Å². The van der Waals surface area contributed by atoms with Gasteiger partial charge in [0.2, 0.25) is 0 Å². The van der Waals surface area contributed by atoms with E-state index < -0.39 is 0 Å². The molecule has 2 aliphatic rings. The second-order valence-electron chi connectivity index (χ2n) is 3.10. The van der Waals surface area contributed by atoms with Gasteiger partial charge in [0.15, 0.2) is 0 Å². The van der Waals surface area contributed by atoms with Gasteiger partial charge < -0.3 is 11.5 Å². The SMILES string of the molecule is NC1C(N)[C@H]2C=C[C@@H]1C2. The van der Waals surface area contributed by atoms with Crippen LogP contribution in [0.5, 0.6) is 0 Å². The van der Waals surface area contributed by atoms with Crippen LogP contribution in [0.1, 0.15) is 6.42 Å². The van der Waals surface area contributed by atoms with Gasteiger partial charge in [0, 0.05) is 12.1 Å². The standard InChI is InChI=1S/C7H12N2/c8-6-4-1-2-5(3-4)7(6)9/h1-2,4-7H,3,8-9H2/t4-,5+,6?,7?. The zero-order valence-electron chi connectivity index (χ0n) is 5.33. The average Bonchev–Trinajstić information content (AvgIpc) is 2.37. The van der Waals surface area contributed by atoms with E-state index in [4.69, 9.17) is 11.5 Å². The van der Waals surface area contributed by atoms with E-state index >= 15 is 0 Å². The predicted octanol–water partition coefficient (Wildman–Crippen LogP) is -0.153. The van der Waals surface area contributed by atoms with Crippen molar-refractivity contribution in [2.24, 2.45) is 23.3 Å². The summed E-state index contributed by atoms with van der Waals surface area (Å²) < 4.78 is 0. The van der Waals surface area contributed by atoms with Crippen LogP contribution < -0.4 is 11.5 Å². The maximum atomic E-state index is 5.79. The third-order valence-corrected chi connectivity index (χ3v) is 2.58. The highest BCUT2D eigenvalue weighted by Gasteiger charge is 2.39. The molecule has 0 radical (unpaired) electrons. The highest BCUT2D eigenvalue weighted by Crippen LogP contribution is 2.36. The van der Waals surface area contributed by atoms with Gasteiger partial charge in [0.05, 0.1) is 0 Å². The maximum absolute atomic E-state index is 5.79. The Hall–Kier alpha value is -0.340. The Morgan fingerprint density at radius 2 is 1.44 bits per heavy atom. The lowest BCUT2D eigenvalue weighted by molar-refractivity contribution is 0.499. The van der Waals surface area contributed by atoms with Gasteiger partial charge in [0.25, 0.3) is 0 Å². The first kappa shape index (κ1) is 5.45. The third kappa shape index (κ3) is 0.575. The minimum atomic E-state index is 0.236. The van der Waals surface area contributed by atoms with Crippen LogP contribution in [0.15, 0.2) is 12.2 Å². The van der Waals surface area contributed by atoms with Crippen LogP contribution in [0.2, 0.25) is 0 Å². The van der Waals surface area contributed by atoms with E-state index in [9.17, 15) is 0 Å². The minimum Gasteiger partial charge on any atom is -0.326 e. The molecule has 9 heavy (non-hydrogen) atoms. The summed E-state index contributed by atoms with van der Waals surface area (Å²) in [6.07, 6.45) is 5.61. The van der Waals surface area contributed by atoms with Crippen molar-refractivity contribution < 1.29 is 0 Å². The minimum absolute atomic E-state index is 0.236. The largest absolute Gasteiger partial charge is 0.326 e. The first-order valence-electron chi connectivity index (χ1n) is 3.48. The molecule has 1 fully saturated rings. The molecule has 2 rings (SSSR count). The van der Waals surface area contributed by atoms with E-state index in [2.05, 4.69) is 12.2 Å². The molecule has 0 aromatic carbocycles. The van der Waals surface area contributed by atoms with E-state index in [-0.39, 0.29) is 12.1 Å². The van der Waals surface area contributed by atoms with Crippen molar-refractivity contribution in [3.63, 3.8) is 0 Å². The van der Waals surface area contributed by atoms with Gasteiger partial charge in [-0.05, 0) is 18.3 Å². The normalized spacial score (nSPS) is 54.9. The summed E-state index contributed by atoms with van der Waals surface area (Å²) in [5.41, 5.74) is 11.6. The number of nitrogens with two attached hydrogens (primary N) is 2. The topological polar surface area (TPSA) is 52.0 Å². The number of rotatable bonds is 0. The highest BCUT2D eigenvalue weighted by molar-refractivity contribution is 5.17. The molecule has 0 amide bonds. The van der Waals surface area contributed by atoms with Gasteiger partial charge >= 0.3 is 0 Å². The van der Waals surface area contributed by atoms with E-state index in [0.29, 0.717) is 11.8 Å². The van der Waals surface area contributed by atoms with Crippen LogP contribution in [0.25, 0.3) is 0 Å². The molecule has 0 aliphatic heterocycles. The average molecular weight is 124 g/mol. The number of hydrogen-bond donors (Lipinski definition) is 2. The molecule has 2 nitrogen and oxygen atoms in total. The molecular weight excluding hydrogens is 112 g/mol. The maximum Gasteiger partial charge on any atom is 0.0262 e. The summed E-state index contributed by atoms with van der Waals surface area (Å²) in [5, 5.41) is 0. The van der Waals surface area contributed by atoms with Crippen molar-refractivity contribution in [2.45, 2.75) is 18.5 Å². The fourth-order valence-corrected chi connectivity index (χ4v) is 1.90. The molecule has 0 spiro atoms. The zero-order valence-corrected chi connectivity index (χ0v) is 5.33. The summed E-state index contributed by atoms with van der Waals surface area (Å²) in [6.45, 7) is 0. The lowest BCUT2D eigenvalue weighted by atomic mass is 9.98. The van der Waals surface area contributed by atoms with Gasteiger partial charge in [-0.2, -0.15) is 0 Å². The summed E-state index contributed by atoms with van der Waals surface area (Å²) in [4.78, 5) is 0. The second kappa shape index (κ2) is 1.58. The number of fused-ring (bicyclic) bond motifs is 2. The molecular formula is C7H12N2. The molecule has 2 aliphatic carbocycles. The summed E-state index contributed by atoms with van der Waals surface area (Å²) in [6, 6.07) is 0.472. The molecule has 1 saturated carbocycles. The van der Waals surface area contributed by atoms with Crippen molar-refractivity contribution in [1.82, 2.24) is 0 Å². The second-order valence-corrected chi connectivity index (χ2v) is 3.10. The molecule has 4 N–H and O–H groups in total. The van der Waals surface area contributed by atoms with Crippen LogP contribution >= 0.6 is 0 Å². The molecule has 4 atom stereocenters. The highest BCUT2D eigenvalue weighted by atomic mass is 14.8. The molecule has 0 aromatic heterocycles. The zero-order chi connectivity index (χ0) is 6.43. The molecule has 0 saturated heterocycles. The predicted molar refractivity (Wildman–Crippen MR) is 36.7 cm³/mol. The monoisotopic (exact) mass is 124 g/mol. The summed E-state index contributed by atoms with van der Waals surface area (Å²) >= 11 is 0. The van der Waals surface area contributed by atoms with E-state index in [1.807, 2.05) is 0 Å². The first-order valence-corrected chi connectivity index (χ1v) is 3.48. The molecule has 2 unspecified atom stereocenters. The smallest absolute Gasteiger partial charge is 0.0262 e. The fraction of sp³-hybridized carbons (Fsp3) is 0.714. The lowest BCUT2D eigenvalue weighted by Crippen LogP contribution is -2.43. The third-order valence-electron chi connectivity index (χ3n) is 2.58. The first-order chi connectivity index (χ1) is 4.29. The van der Waals surface area contributed by atoms with Gasteiger partial charge in [-0.3, -0.25) is 0 Å². The van der Waals surface area contributed by atoms with Crippen molar-refractivity contribution >= 4 is 0 Å². The Bertz CT molecular complexity index is 137. The van der Waals surface area contributed by atoms with Crippen molar-refractivity contribution in [3.05, 3.63) is 12.2 Å². The van der Waals surface area contributed by atoms with Gasteiger partial charge in [-0.15, -0.1) is 0 Å². The van der Waals surface area contributed by atoms with Crippen molar-refractivity contribution in [2.75, 3.05) is 0 Å². The van der Waals surface area contributed by atoms with E-state index in [1.54, 1.807) is 0 Å². The molecule has 50 valence electrons. The van der Waals surface area contributed by atoms with Gasteiger partial charge in [-0.25, -0.2) is 0 Å². The molecule has 0 heterocycles. The Morgan fingerprint density at radius 3 is 1.67 bits per heavy atom. The van der Waals surface area contributed by atoms with Crippen LogP contribution in [0.4, 0.5) is 0 Å². The fourth-order valence-electron chi connectivity index (χ4n) is 1.90. The quantitative estimate of drug-likeness (QED) is 0.441. The molecule has 0 aromatic rings. The van der Waals surface area contributed by atoms with E-state index in [1.165, 1.54) is 6.42 Å². The van der Waals surface area contributed by atoms with Crippen LogP contribution in [0.3, 0.4) is 0 Å². The molecule has 2 bridgehead atoms. The van der Waals surface area contributed by atoms with Crippen molar-refractivity contribution in [3.8, 4) is 0 Å². The van der Waals surface area contributed by atoms with Crippen LogP contribution in [-0.2, 0) is 0 Å². The van der Waals surface area contributed by atoms with Gasteiger partial charge in [-0.1, -0.05) is 12.2 Å². The van der Waals surface area contributed by atoms with Crippen LogP contribution in [0, 0.1) is 11.8 Å². The Kier molecular flexibility index (Phi) is 0.957. The number of hydrogen-bond acceptors (Lipinski definition) is 2. The Balaban J connectivity index is 2.26. The molecule has 2 heteroatoms. The lowest BCUT2D eigenvalue weighted by Gasteiger charge is -2.19. The Morgan fingerprint density at radius 1 is 1.00 bits per heavy atom.